The Morgan fingerprint density at radius 3 is 2.87 bits per heavy atom. The number of imidazole rings is 1. The van der Waals surface area contributed by atoms with E-state index in [1.807, 2.05) is 32.0 Å². The van der Waals surface area contributed by atoms with Gasteiger partial charge in [0.2, 0.25) is 0 Å². The van der Waals surface area contributed by atoms with E-state index in [0.717, 1.165) is 43.5 Å². The molecule has 2 N–H and O–H groups in total. The molecule has 0 saturated heterocycles. The summed E-state index contributed by atoms with van der Waals surface area (Å²) in [6, 6.07) is 8.22. The molecular weight excluding hydrogens is 290 g/mol. The molecule has 1 heterocycles. The van der Waals surface area contributed by atoms with Crippen LogP contribution in [0.5, 0.6) is 0 Å². The molecule has 0 spiro atoms. The number of fused-ring (bicyclic) bond motifs is 1. The van der Waals surface area contributed by atoms with Crippen LogP contribution in [0.1, 0.15) is 19.7 Å². The van der Waals surface area contributed by atoms with Gasteiger partial charge in [0.1, 0.15) is 5.82 Å². The first-order valence-corrected chi connectivity index (χ1v) is 8.28. The smallest absolute Gasteiger partial charge is 0.191 e. The second-order valence-electron chi connectivity index (χ2n) is 5.18. The third-order valence-electron chi connectivity index (χ3n) is 3.53. The summed E-state index contributed by atoms with van der Waals surface area (Å²) in [6.45, 7) is 10.6. The molecule has 1 aromatic heterocycles. The number of aliphatic imine (C=N–C) groups is 1. The van der Waals surface area contributed by atoms with Crippen LogP contribution in [0, 0.1) is 6.92 Å². The summed E-state index contributed by atoms with van der Waals surface area (Å²) >= 11 is 0. The van der Waals surface area contributed by atoms with Crippen molar-refractivity contribution in [1.29, 1.82) is 0 Å². The van der Waals surface area contributed by atoms with Crippen molar-refractivity contribution in [2.45, 2.75) is 27.3 Å². The molecule has 6 nitrogen and oxygen atoms in total. The van der Waals surface area contributed by atoms with Gasteiger partial charge in [0.15, 0.2) is 5.96 Å². The van der Waals surface area contributed by atoms with Crippen LogP contribution < -0.4 is 10.6 Å². The molecule has 0 unspecified atom stereocenters. The Morgan fingerprint density at radius 2 is 2.09 bits per heavy atom. The van der Waals surface area contributed by atoms with E-state index in [4.69, 9.17) is 4.74 Å². The molecule has 0 atom stereocenters. The van der Waals surface area contributed by atoms with Crippen LogP contribution in [-0.4, -0.2) is 48.4 Å². The number of aromatic nitrogens is 2. The molecule has 1 aromatic carbocycles. The van der Waals surface area contributed by atoms with Crippen molar-refractivity contribution in [3.05, 3.63) is 30.1 Å². The number of para-hydroxylation sites is 2. The summed E-state index contributed by atoms with van der Waals surface area (Å²) in [4.78, 5) is 9.09. The zero-order valence-electron chi connectivity index (χ0n) is 14.3. The molecular formula is C17H27N5O. The maximum atomic E-state index is 5.31. The predicted octanol–water partition coefficient (Wildman–Crippen LogP) is 1.94. The van der Waals surface area contributed by atoms with E-state index in [9.17, 15) is 0 Å². The maximum absolute atomic E-state index is 5.31. The molecule has 0 bridgehead atoms. The van der Waals surface area contributed by atoms with Crippen molar-refractivity contribution in [3.63, 3.8) is 0 Å². The van der Waals surface area contributed by atoms with Gasteiger partial charge < -0.3 is 19.9 Å². The maximum Gasteiger partial charge on any atom is 0.191 e. The lowest BCUT2D eigenvalue weighted by Gasteiger charge is -2.13. The van der Waals surface area contributed by atoms with Crippen molar-refractivity contribution in [1.82, 2.24) is 20.2 Å². The van der Waals surface area contributed by atoms with E-state index < -0.39 is 0 Å². The van der Waals surface area contributed by atoms with Crippen molar-refractivity contribution in [2.24, 2.45) is 4.99 Å². The Kier molecular flexibility index (Phi) is 6.87. The number of nitrogens with one attached hydrogen (secondary N) is 2. The van der Waals surface area contributed by atoms with Gasteiger partial charge in [0, 0.05) is 26.2 Å². The molecule has 0 aliphatic rings. The topological polar surface area (TPSA) is 63.5 Å². The zero-order chi connectivity index (χ0) is 16.5. The summed E-state index contributed by atoms with van der Waals surface area (Å²) in [6.07, 6.45) is 0. The largest absolute Gasteiger partial charge is 0.380 e. The van der Waals surface area contributed by atoms with Gasteiger partial charge in [-0.2, -0.15) is 0 Å². The van der Waals surface area contributed by atoms with Crippen LogP contribution in [0.4, 0.5) is 0 Å². The number of benzene rings is 1. The van der Waals surface area contributed by atoms with Crippen LogP contribution in [0.15, 0.2) is 29.3 Å². The third-order valence-corrected chi connectivity index (χ3v) is 3.53. The normalized spacial score (nSPS) is 11.9. The average Bonchev–Trinajstić information content (AvgIpc) is 2.87. The van der Waals surface area contributed by atoms with Gasteiger partial charge in [0.05, 0.1) is 24.2 Å². The Bertz CT molecular complexity index is 635. The first kappa shape index (κ1) is 17.3. The molecule has 126 valence electrons. The standard InChI is InChI=1S/C17H27N5O/c1-4-18-17(20-11-13-23-5-2)19-10-12-22-14(3)21-15-8-6-7-9-16(15)22/h6-9H,4-5,10-13H2,1-3H3,(H2,18,19,20). The van der Waals surface area contributed by atoms with Gasteiger partial charge in [0.25, 0.3) is 0 Å². The molecule has 0 aliphatic heterocycles. The van der Waals surface area contributed by atoms with Crippen LogP contribution in [-0.2, 0) is 11.3 Å². The summed E-state index contributed by atoms with van der Waals surface area (Å²) in [5, 5.41) is 6.61. The number of hydrogen-bond donors (Lipinski definition) is 2. The third kappa shape index (κ3) is 4.96. The highest BCUT2D eigenvalue weighted by atomic mass is 16.5. The van der Waals surface area contributed by atoms with Crippen molar-refractivity contribution in [3.8, 4) is 0 Å². The van der Waals surface area contributed by atoms with Crippen molar-refractivity contribution < 1.29 is 4.74 Å². The van der Waals surface area contributed by atoms with Crippen LogP contribution >= 0.6 is 0 Å². The molecule has 6 heteroatoms. The van der Waals surface area contributed by atoms with E-state index in [0.29, 0.717) is 13.2 Å². The number of guanidine groups is 1. The monoisotopic (exact) mass is 317 g/mol. The lowest BCUT2D eigenvalue weighted by atomic mass is 10.3. The average molecular weight is 317 g/mol. The van der Waals surface area contributed by atoms with Gasteiger partial charge in [-0.05, 0) is 32.9 Å². The summed E-state index contributed by atoms with van der Waals surface area (Å²) in [7, 11) is 0. The highest BCUT2D eigenvalue weighted by Crippen LogP contribution is 2.14. The number of nitrogens with zero attached hydrogens (tertiary/aromatic N) is 3. The molecule has 2 aromatic rings. The van der Waals surface area contributed by atoms with Gasteiger partial charge in [-0.15, -0.1) is 0 Å². The van der Waals surface area contributed by atoms with Crippen molar-refractivity contribution in [2.75, 3.05) is 32.8 Å². The zero-order valence-corrected chi connectivity index (χ0v) is 14.3. The highest BCUT2D eigenvalue weighted by Gasteiger charge is 2.06. The minimum Gasteiger partial charge on any atom is -0.380 e. The second kappa shape index (κ2) is 9.15. The van der Waals surface area contributed by atoms with Gasteiger partial charge >= 0.3 is 0 Å². The Labute approximate surface area is 138 Å². The van der Waals surface area contributed by atoms with Gasteiger partial charge in [-0.1, -0.05) is 12.1 Å². The predicted molar refractivity (Wildman–Crippen MR) is 94.9 cm³/mol. The van der Waals surface area contributed by atoms with E-state index in [1.165, 1.54) is 5.52 Å². The summed E-state index contributed by atoms with van der Waals surface area (Å²) in [5.41, 5.74) is 2.22. The second-order valence-corrected chi connectivity index (χ2v) is 5.18. The van der Waals surface area contributed by atoms with E-state index in [-0.39, 0.29) is 0 Å². The lowest BCUT2D eigenvalue weighted by molar-refractivity contribution is 0.155. The number of ether oxygens (including phenoxy) is 1. The number of aryl methyl sites for hydroxylation is 1. The fraction of sp³-hybridized carbons (Fsp3) is 0.529. The van der Waals surface area contributed by atoms with Crippen LogP contribution in [0.2, 0.25) is 0 Å². The molecule has 0 amide bonds. The Morgan fingerprint density at radius 1 is 1.26 bits per heavy atom. The first-order valence-electron chi connectivity index (χ1n) is 8.28. The van der Waals surface area contributed by atoms with E-state index in [2.05, 4.69) is 38.2 Å². The molecule has 0 radical (unpaired) electrons. The molecule has 0 aliphatic carbocycles. The van der Waals surface area contributed by atoms with Crippen LogP contribution in [0.3, 0.4) is 0 Å². The highest BCUT2D eigenvalue weighted by molar-refractivity contribution is 5.79. The number of rotatable bonds is 8. The van der Waals surface area contributed by atoms with E-state index >= 15 is 0 Å². The lowest BCUT2D eigenvalue weighted by Crippen LogP contribution is -2.39. The van der Waals surface area contributed by atoms with E-state index in [1.54, 1.807) is 0 Å². The minimum absolute atomic E-state index is 0.651. The Balaban J connectivity index is 1.91. The van der Waals surface area contributed by atoms with Crippen molar-refractivity contribution >= 4 is 17.0 Å². The molecule has 0 fully saturated rings. The summed E-state index contributed by atoms with van der Waals surface area (Å²) in [5.74, 6) is 1.86. The SMILES string of the molecule is CCNC(=NCCOCC)NCCn1c(C)nc2ccccc21. The molecule has 2 rings (SSSR count). The minimum atomic E-state index is 0.651. The Hall–Kier alpha value is -2.08. The first-order chi connectivity index (χ1) is 11.3. The fourth-order valence-electron chi connectivity index (χ4n) is 2.47. The quantitative estimate of drug-likeness (QED) is 0.444. The number of hydrogen-bond acceptors (Lipinski definition) is 3. The van der Waals surface area contributed by atoms with Crippen LogP contribution in [0.25, 0.3) is 11.0 Å². The molecule has 23 heavy (non-hydrogen) atoms. The fourth-order valence-corrected chi connectivity index (χ4v) is 2.47. The van der Waals surface area contributed by atoms with Gasteiger partial charge in [-0.3, -0.25) is 4.99 Å². The van der Waals surface area contributed by atoms with Gasteiger partial charge in [-0.25, -0.2) is 4.98 Å². The summed E-state index contributed by atoms with van der Waals surface area (Å²) < 4.78 is 7.54. The molecule has 0 saturated carbocycles.